The Balaban J connectivity index is 2.33. The summed E-state index contributed by atoms with van der Waals surface area (Å²) < 4.78 is 0. The summed E-state index contributed by atoms with van der Waals surface area (Å²) in [6.45, 7) is 7.50. The lowest BCUT2D eigenvalue weighted by atomic mass is 9.88. The summed E-state index contributed by atoms with van der Waals surface area (Å²) in [7, 11) is 0. The minimum atomic E-state index is -0.113. The third-order valence-corrected chi connectivity index (χ3v) is 3.96. The first-order valence-electron chi connectivity index (χ1n) is 9.47. The molecule has 0 fully saturated rings. The molecule has 1 N–H and O–H groups in total. The van der Waals surface area contributed by atoms with Gasteiger partial charge in [0.15, 0.2) is 0 Å². The van der Waals surface area contributed by atoms with Gasteiger partial charge in [-0.1, -0.05) is 32.9 Å². The zero-order valence-electron chi connectivity index (χ0n) is 16.9. The molecule has 0 aliphatic carbocycles. The highest BCUT2D eigenvalue weighted by Gasteiger charge is 2.16. The van der Waals surface area contributed by atoms with Crippen molar-refractivity contribution in [2.24, 2.45) is 5.41 Å². The van der Waals surface area contributed by atoms with Gasteiger partial charge in [0.25, 0.3) is 0 Å². The average Bonchev–Trinajstić information content (AvgIpc) is 2.52. The highest BCUT2D eigenvalue weighted by Crippen LogP contribution is 2.20. The molecule has 0 bridgehead atoms. The quantitative estimate of drug-likeness (QED) is 0.587. The van der Waals surface area contributed by atoms with Gasteiger partial charge in [-0.2, -0.15) is 0 Å². The van der Waals surface area contributed by atoms with E-state index in [9.17, 15) is 19.2 Å². The fraction of sp³-hybridized carbons (Fsp3) is 0.545. The summed E-state index contributed by atoms with van der Waals surface area (Å²) in [6, 6.07) is 7.33. The van der Waals surface area contributed by atoms with Crippen LogP contribution in [0.15, 0.2) is 24.3 Å². The van der Waals surface area contributed by atoms with Crippen molar-refractivity contribution >= 4 is 28.9 Å². The SMILES string of the molecule is CC(=O)CC(=O)CCc1ccc(NC(=O)CCCC(=O)CC(C)(C)C)cc1. The molecule has 1 aromatic carbocycles. The van der Waals surface area contributed by atoms with Crippen LogP contribution in [-0.4, -0.2) is 23.3 Å². The van der Waals surface area contributed by atoms with Crippen LogP contribution in [0.2, 0.25) is 0 Å². The smallest absolute Gasteiger partial charge is 0.224 e. The van der Waals surface area contributed by atoms with E-state index >= 15 is 0 Å². The van der Waals surface area contributed by atoms with Crippen LogP contribution >= 0.6 is 0 Å². The number of benzene rings is 1. The van der Waals surface area contributed by atoms with Crippen molar-refractivity contribution in [2.45, 2.75) is 72.6 Å². The Hall–Kier alpha value is -2.30. The Kier molecular flexibility index (Phi) is 9.06. The van der Waals surface area contributed by atoms with Crippen LogP contribution in [0.4, 0.5) is 5.69 Å². The molecule has 1 rings (SSSR count). The number of hydrogen-bond acceptors (Lipinski definition) is 4. The Morgan fingerprint density at radius 2 is 1.52 bits per heavy atom. The maximum absolute atomic E-state index is 12.0. The second-order valence-corrected chi connectivity index (χ2v) is 8.29. The van der Waals surface area contributed by atoms with Crippen LogP contribution < -0.4 is 5.32 Å². The molecule has 0 saturated heterocycles. The third kappa shape index (κ3) is 11.1. The molecule has 0 aliphatic heterocycles. The Labute approximate surface area is 161 Å². The molecular formula is C22H31NO4. The van der Waals surface area contributed by atoms with Gasteiger partial charge in [0.05, 0.1) is 6.42 Å². The van der Waals surface area contributed by atoms with Crippen molar-refractivity contribution in [2.75, 3.05) is 5.32 Å². The first-order valence-corrected chi connectivity index (χ1v) is 9.47. The van der Waals surface area contributed by atoms with Crippen LogP contribution in [-0.2, 0) is 25.6 Å². The molecule has 0 aliphatic rings. The van der Waals surface area contributed by atoms with Crippen molar-refractivity contribution < 1.29 is 19.2 Å². The molecule has 0 spiro atoms. The van der Waals surface area contributed by atoms with E-state index in [1.807, 2.05) is 32.9 Å². The summed E-state index contributed by atoms with van der Waals surface area (Å²) in [6.07, 6.45) is 2.74. The van der Waals surface area contributed by atoms with Crippen LogP contribution in [0, 0.1) is 5.41 Å². The minimum Gasteiger partial charge on any atom is -0.326 e. The number of hydrogen-bond donors (Lipinski definition) is 1. The Morgan fingerprint density at radius 3 is 2.07 bits per heavy atom. The molecule has 27 heavy (non-hydrogen) atoms. The second kappa shape index (κ2) is 10.8. The number of Topliss-reactive ketones (excluding diaryl/α,β-unsaturated/α-hetero) is 3. The van der Waals surface area contributed by atoms with Crippen molar-refractivity contribution in [1.29, 1.82) is 0 Å². The van der Waals surface area contributed by atoms with Crippen LogP contribution in [0.1, 0.15) is 71.8 Å². The fourth-order valence-corrected chi connectivity index (χ4v) is 2.75. The molecule has 0 saturated carbocycles. The van der Waals surface area contributed by atoms with Gasteiger partial charge < -0.3 is 5.32 Å². The molecular weight excluding hydrogens is 342 g/mol. The first kappa shape index (κ1) is 22.7. The van der Waals surface area contributed by atoms with Gasteiger partial charge in [0, 0.05) is 31.4 Å². The number of carbonyl (C=O) groups is 4. The number of carbonyl (C=O) groups excluding carboxylic acids is 4. The van der Waals surface area contributed by atoms with Crippen LogP contribution in [0.3, 0.4) is 0 Å². The number of anilines is 1. The minimum absolute atomic E-state index is 0.00754. The summed E-state index contributed by atoms with van der Waals surface area (Å²) >= 11 is 0. The maximum Gasteiger partial charge on any atom is 0.224 e. The molecule has 1 amide bonds. The topological polar surface area (TPSA) is 80.3 Å². The first-order chi connectivity index (χ1) is 12.5. The Morgan fingerprint density at radius 1 is 0.889 bits per heavy atom. The molecule has 0 unspecified atom stereocenters. The fourth-order valence-electron chi connectivity index (χ4n) is 2.75. The maximum atomic E-state index is 12.0. The van der Waals surface area contributed by atoms with E-state index in [-0.39, 0.29) is 35.1 Å². The highest BCUT2D eigenvalue weighted by molar-refractivity contribution is 5.98. The number of rotatable bonds is 11. The van der Waals surface area contributed by atoms with E-state index in [1.165, 1.54) is 6.92 Å². The Bertz CT molecular complexity index is 669. The summed E-state index contributed by atoms with van der Waals surface area (Å²) in [5.74, 6) is -0.0824. The largest absolute Gasteiger partial charge is 0.326 e. The molecule has 0 aromatic heterocycles. The van der Waals surface area contributed by atoms with Gasteiger partial charge in [-0.05, 0) is 42.9 Å². The lowest BCUT2D eigenvalue weighted by molar-refractivity contribution is -0.126. The van der Waals surface area contributed by atoms with Gasteiger partial charge >= 0.3 is 0 Å². The standard InChI is InChI=1S/C22H31NO4/c1-16(24)14-19(25)13-10-17-8-11-18(12-9-17)23-21(27)7-5-6-20(26)15-22(2,3)4/h8-9,11-12H,5-7,10,13-15H2,1-4H3,(H,23,27). The van der Waals surface area contributed by atoms with E-state index in [0.29, 0.717) is 44.2 Å². The third-order valence-electron chi connectivity index (χ3n) is 3.96. The normalized spacial score (nSPS) is 11.1. The monoisotopic (exact) mass is 373 g/mol. The summed E-state index contributed by atoms with van der Waals surface area (Å²) in [5, 5.41) is 2.82. The van der Waals surface area contributed by atoms with Gasteiger partial charge in [0.2, 0.25) is 5.91 Å². The summed E-state index contributed by atoms with van der Waals surface area (Å²) in [5.41, 5.74) is 1.66. The molecule has 0 heterocycles. The van der Waals surface area contributed by atoms with E-state index < -0.39 is 0 Å². The number of amides is 1. The number of aryl methyl sites for hydroxylation is 1. The highest BCUT2D eigenvalue weighted by atomic mass is 16.2. The molecule has 5 nitrogen and oxygen atoms in total. The van der Waals surface area contributed by atoms with Crippen molar-refractivity contribution in [3.05, 3.63) is 29.8 Å². The summed E-state index contributed by atoms with van der Waals surface area (Å²) in [4.78, 5) is 46.3. The lowest BCUT2D eigenvalue weighted by Crippen LogP contribution is -2.15. The number of ketones is 3. The van der Waals surface area contributed by atoms with Crippen LogP contribution in [0.25, 0.3) is 0 Å². The lowest BCUT2D eigenvalue weighted by Gasteiger charge is -2.16. The van der Waals surface area contributed by atoms with E-state index in [1.54, 1.807) is 12.1 Å². The zero-order valence-corrected chi connectivity index (χ0v) is 16.9. The predicted molar refractivity (Wildman–Crippen MR) is 107 cm³/mol. The molecule has 1 aromatic rings. The molecule has 148 valence electrons. The predicted octanol–water partition coefficient (Wildman–Crippen LogP) is 4.28. The van der Waals surface area contributed by atoms with Gasteiger partial charge in [-0.15, -0.1) is 0 Å². The number of nitrogens with one attached hydrogen (secondary N) is 1. The van der Waals surface area contributed by atoms with Crippen molar-refractivity contribution in [1.82, 2.24) is 0 Å². The van der Waals surface area contributed by atoms with Gasteiger partial charge in [0.1, 0.15) is 17.3 Å². The molecule has 0 radical (unpaired) electrons. The van der Waals surface area contributed by atoms with Gasteiger partial charge in [-0.3, -0.25) is 19.2 Å². The molecule has 5 heteroatoms. The van der Waals surface area contributed by atoms with Crippen molar-refractivity contribution in [3.8, 4) is 0 Å². The zero-order chi connectivity index (χ0) is 20.4. The average molecular weight is 373 g/mol. The van der Waals surface area contributed by atoms with E-state index in [2.05, 4.69) is 5.32 Å². The van der Waals surface area contributed by atoms with E-state index in [0.717, 1.165) is 5.56 Å². The second-order valence-electron chi connectivity index (χ2n) is 8.29. The van der Waals surface area contributed by atoms with Crippen molar-refractivity contribution in [3.63, 3.8) is 0 Å². The molecule has 0 atom stereocenters. The van der Waals surface area contributed by atoms with E-state index in [4.69, 9.17) is 0 Å². The van der Waals surface area contributed by atoms with Crippen LogP contribution in [0.5, 0.6) is 0 Å². The van der Waals surface area contributed by atoms with Gasteiger partial charge in [-0.25, -0.2) is 0 Å².